The molecule has 0 aliphatic carbocycles. The fourth-order valence-corrected chi connectivity index (χ4v) is 1.43. The molecule has 0 saturated heterocycles. The Hall–Kier alpha value is -2.30. The number of hydrogen-bond acceptors (Lipinski definition) is 4. The van der Waals surface area contributed by atoms with E-state index in [-0.39, 0.29) is 18.0 Å². The van der Waals surface area contributed by atoms with E-state index in [9.17, 15) is 9.59 Å². The normalized spacial score (nSPS) is 10.2. The molecule has 0 aromatic carbocycles. The molecule has 0 bridgehead atoms. The molecule has 5 heteroatoms. The number of nitrogens with zero attached hydrogens (tertiary/aromatic N) is 3. The molecule has 0 saturated carbocycles. The van der Waals surface area contributed by atoms with Gasteiger partial charge in [-0.2, -0.15) is 5.10 Å². The van der Waals surface area contributed by atoms with Crippen molar-refractivity contribution in [2.45, 2.75) is 6.42 Å². The summed E-state index contributed by atoms with van der Waals surface area (Å²) in [6.07, 6.45) is 4.40. The van der Waals surface area contributed by atoms with E-state index >= 15 is 0 Å². The monoisotopic (exact) mass is 229 g/mol. The maximum Gasteiger partial charge on any atom is 0.188 e. The maximum absolute atomic E-state index is 11.7. The predicted molar refractivity (Wildman–Crippen MR) is 60.7 cm³/mol. The molecule has 2 heterocycles. The first-order valence-corrected chi connectivity index (χ1v) is 5.13. The first-order chi connectivity index (χ1) is 8.16. The summed E-state index contributed by atoms with van der Waals surface area (Å²) in [6.45, 7) is 0. The highest BCUT2D eigenvalue weighted by Gasteiger charge is 2.15. The van der Waals surface area contributed by atoms with Crippen LogP contribution in [-0.4, -0.2) is 26.3 Å². The van der Waals surface area contributed by atoms with Crippen LogP contribution in [0.3, 0.4) is 0 Å². The van der Waals surface area contributed by atoms with Crippen LogP contribution in [0.15, 0.2) is 36.8 Å². The van der Waals surface area contributed by atoms with Gasteiger partial charge < -0.3 is 0 Å². The van der Waals surface area contributed by atoms with Gasteiger partial charge in [0.25, 0.3) is 0 Å². The summed E-state index contributed by atoms with van der Waals surface area (Å²) >= 11 is 0. The van der Waals surface area contributed by atoms with Gasteiger partial charge in [-0.25, -0.2) is 0 Å². The van der Waals surface area contributed by atoms with E-state index in [1.807, 2.05) is 0 Å². The zero-order valence-corrected chi connectivity index (χ0v) is 9.33. The molecule has 0 amide bonds. The molecule has 0 aliphatic heterocycles. The lowest BCUT2D eigenvalue weighted by Crippen LogP contribution is -2.09. The number of pyridine rings is 1. The number of carbonyl (C=O) groups is 2. The van der Waals surface area contributed by atoms with Gasteiger partial charge in [0.05, 0.1) is 18.2 Å². The molecular weight excluding hydrogens is 218 g/mol. The van der Waals surface area contributed by atoms with E-state index in [0.29, 0.717) is 11.3 Å². The van der Waals surface area contributed by atoms with Crippen LogP contribution in [0, 0.1) is 0 Å². The van der Waals surface area contributed by atoms with Crippen LogP contribution >= 0.6 is 0 Å². The third-order valence-corrected chi connectivity index (χ3v) is 2.30. The third kappa shape index (κ3) is 2.63. The standard InChI is InChI=1S/C12H11N3O2/c1-15-8-9(7-14-15)11(16)6-12(17)10-4-2-3-5-13-10/h2-5,7-8H,6H2,1H3. The molecule has 0 fully saturated rings. The molecule has 5 nitrogen and oxygen atoms in total. The molecule has 2 aromatic heterocycles. The van der Waals surface area contributed by atoms with Gasteiger partial charge in [0.2, 0.25) is 0 Å². The first kappa shape index (κ1) is 11.2. The SMILES string of the molecule is Cn1cc(C(=O)CC(=O)c2ccccn2)cn1. The quantitative estimate of drug-likeness (QED) is 0.585. The van der Waals surface area contributed by atoms with Crippen LogP contribution in [0.4, 0.5) is 0 Å². The van der Waals surface area contributed by atoms with Crippen molar-refractivity contribution in [3.8, 4) is 0 Å². The van der Waals surface area contributed by atoms with Gasteiger partial charge in [-0.05, 0) is 12.1 Å². The lowest BCUT2D eigenvalue weighted by atomic mass is 10.1. The summed E-state index contributed by atoms with van der Waals surface area (Å²) in [4.78, 5) is 27.4. The summed E-state index contributed by atoms with van der Waals surface area (Å²) in [5.74, 6) is -0.520. The zero-order valence-electron chi connectivity index (χ0n) is 9.33. The Morgan fingerprint density at radius 3 is 2.71 bits per heavy atom. The van der Waals surface area contributed by atoms with Gasteiger partial charge in [0.1, 0.15) is 5.69 Å². The second-order valence-corrected chi connectivity index (χ2v) is 3.64. The van der Waals surface area contributed by atoms with E-state index in [1.54, 1.807) is 31.4 Å². The average Bonchev–Trinajstić information content (AvgIpc) is 2.77. The van der Waals surface area contributed by atoms with E-state index in [2.05, 4.69) is 10.1 Å². The van der Waals surface area contributed by atoms with Crippen LogP contribution in [0.1, 0.15) is 27.3 Å². The Kier molecular flexibility index (Phi) is 3.09. The van der Waals surface area contributed by atoms with E-state index in [1.165, 1.54) is 17.1 Å². The summed E-state index contributed by atoms with van der Waals surface area (Å²) in [5.41, 5.74) is 0.751. The van der Waals surface area contributed by atoms with Crippen LogP contribution in [0.2, 0.25) is 0 Å². The van der Waals surface area contributed by atoms with Crippen molar-refractivity contribution in [2.75, 3.05) is 0 Å². The zero-order chi connectivity index (χ0) is 12.3. The molecule has 0 atom stereocenters. The minimum atomic E-state index is -0.278. The van der Waals surface area contributed by atoms with Crippen molar-refractivity contribution < 1.29 is 9.59 Å². The van der Waals surface area contributed by atoms with Crippen LogP contribution < -0.4 is 0 Å². The molecular formula is C12H11N3O2. The van der Waals surface area contributed by atoms with Crippen LogP contribution in [0.25, 0.3) is 0 Å². The largest absolute Gasteiger partial charge is 0.294 e. The number of rotatable bonds is 4. The van der Waals surface area contributed by atoms with Crippen molar-refractivity contribution in [1.29, 1.82) is 0 Å². The van der Waals surface area contributed by atoms with Crippen molar-refractivity contribution >= 4 is 11.6 Å². The maximum atomic E-state index is 11.7. The second-order valence-electron chi connectivity index (χ2n) is 3.64. The van der Waals surface area contributed by atoms with E-state index in [4.69, 9.17) is 0 Å². The molecule has 17 heavy (non-hydrogen) atoms. The molecule has 0 unspecified atom stereocenters. The van der Waals surface area contributed by atoms with Gasteiger partial charge in [0, 0.05) is 19.4 Å². The molecule has 0 N–H and O–H groups in total. The highest BCUT2D eigenvalue weighted by Crippen LogP contribution is 2.06. The molecule has 0 spiro atoms. The Morgan fingerprint density at radius 1 is 1.29 bits per heavy atom. The number of aryl methyl sites for hydroxylation is 1. The number of Topliss-reactive ketones (excluding diaryl/α,β-unsaturated/α-hetero) is 2. The Balaban J connectivity index is 2.07. The minimum Gasteiger partial charge on any atom is -0.294 e. The molecule has 2 aromatic rings. The Bertz CT molecular complexity index is 546. The van der Waals surface area contributed by atoms with Gasteiger partial charge in [-0.1, -0.05) is 6.07 Å². The minimum absolute atomic E-state index is 0.178. The second kappa shape index (κ2) is 4.69. The smallest absolute Gasteiger partial charge is 0.188 e. The summed E-state index contributed by atoms with van der Waals surface area (Å²) in [5, 5.41) is 3.89. The number of carbonyl (C=O) groups excluding carboxylic acids is 2. The van der Waals surface area contributed by atoms with Crippen molar-refractivity contribution in [1.82, 2.24) is 14.8 Å². The molecule has 0 aliphatic rings. The Labute approximate surface area is 98.1 Å². The average molecular weight is 229 g/mol. The number of ketones is 2. The highest BCUT2D eigenvalue weighted by atomic mass is 16.1. The Morgan fingerprint density at radius 2 is 2.12 bits per heavy atom. The molecule has 2 rings (SSSR count). The third-order valence-electron chi connectivity index (χ3n) is 2.30. The fraction of sp³-hybridized carbons (Fsp3) is 0.167. The number of hydrogen-bond donors (Lipinski definition) is 0. The lowest BCUT2D eigenvalue weighted by molar-refractivity contribution is 0.0891. The molecule has 0 radical (unpaired) electrons. The van der Waals surface area contributed by atoms with Crippen LogP contribution in [-0.2, 0) is 7.05 Å². The van der Waals surface area contributed by atoms with Crippen molar-refractivity contribution in [2.24, 2.45) is 7.05 Å². The summed E-state index contributed by atoms with van der Waals surface area (Å²) < 4.78 is 1.53. The van der Waals surface area contributed by atoms with Crippen molar-refractivity contribution in [3.05, 3.63) is 48.0 Å². The van der Waals surface area contributed by atoms with Gasteiger partial charge in [0.15, 0.2) is 11.6 Å². The van der Waals surface area contributed by atoms with Gasteiger partial charge >= 0.3 is 0 Å². The van der Waals surface area contributed by atoms with Crippen LogP contribution in [0.5, 0.6) is 0 Å². The van der Waals surface area contributed by atoms with Gasteiger partial charge in [-0.3, -0.25) is 19.3 Å². The van der Waals surface area contributed by atoms with Gasteiger partial charge in [-0.15, -0.1) is 0 Å². The fourth-order valence-electron chi connectivity index (χ4n) is 1.43. The topological polar surface area (TPSA) is 64.8 Å². The summed E-state index contributed by atoms with van der Waals surface area (Å²) in [7, 11) is 1.72. The van der Waals surface area contributed by atoms with E-state index < -0.39 is 0 Å². The highest BCUT2D eigenvalue weighted by molar-refractivity contribution is 6.12. The first-order valence-electron chi connectivity index (χ1n) is 5.13. The number of aromatic nitrogens is 3. The molecule has 86 valence electrons. The lowest BCUT2D eigenvalue weighted by Gasteiger charge is -1.97. The summed E-state index contributed by atoms with van der Waals surface area (Å²) in [6, 6.07) is 5.04. The predicted octanol–water partition coefficient (Wildman–Crippen LogP) is 1.27. The van der Waals surface area contributed by atoms with Crippen molar-refractivity contribution in [3.63, 3.8) is 0 Å². The van der Waals surface area contributed by atoms with E-state index in [0.717, 1.165) is 0 Å².